The first-order valence-corrected chi connectivity index (χ1v) is 6.16. The van der Waals surface area contributed by atoms with E-state index in [1.807, 2.05) is 31.8 Å². The van der Waals surface area contributed by atoms with Gasteiger partial charge in [0.1, 0.15) is 11.6 Å². The molecule has 0 saturated heterocycles. The molecule has 0 atom stereocenters. The van der Waals surface area contributed by atoms with Crippen LogP contribution in [0.5, 0.6) is 0 Å². The van der Waals surface area contributed by atoms with Gasteiger partial charge in [0.05, 0.1) is 17.6 Å². The van der Waals surface area contributed by atoms with Crippen molar-refractivity contribution in [2.75, 3.05) is 5.73 Å². The highest BCUT2D eigenvalue weighted by molar-refractivity contribution is 5.66. The first kappa shape index (κ1) is 12.5. The topological polar surface area (TPSA) is 69.6 Å². The lowest BCUT2D eigenvalue weighted by Gasteiger charge is -2.11. The van der Waals surface area contributed by atoms with E-state index in [2.05, 4.69) is 22.0 Å². The fourth-order valence-electron chi connectivity index (χ4n) is 2.04. The van der Waals surface area contributed by atoms with Gasteiger partial charge in [-0.15, -0.1) is 0 Å². The lowest BCUT2D eigenvalue weighted by atomic mass is 10.1. The number of aryl methyl sites for hydroxylation is 3. The minimum atomic E-state index is 0.559. The minimum Gasteiger partial charge on any atom is -0.383 e. The number of hydrogen-bond donors (Lipinski definition) is 1. The van der Waals surface area contributed by atoms with E-state index in [9.17, 15) is 0 Å². The maximum atomic E-state index is 5.98. The molecule has 0 aliphatic heterocycles. The maximum absolute atomic E-state index is 5.98. The fourth-order valence-corrected chi connectivity index (χ4v) is 2.04. The molecule has 5 nitrogen and oxygen atoms in total. The van der Waals surface area contributed by atoms with Crippen LogP contribution in [0.25, 0.3) is 11.4 Å². The summed E-state index contributed by atoms with van der Waals surface area (Å²) in [5, 5.41) is 4.25. The predicted octanol–water partition coefficient (Wildman–Crippen LogP) is 2.03. The van der Waals surface area contributed by atoms with Crippen LogP contribution in [0.4, 0.5) is 5.82 Å². The van der Waals surface area contributed by atoms with Gasteiger partial charge in [-0.25, -0.2) is 9.97 Å². The molecule has 18 heavy (non-hydrogen) atoms. The van der Waals surface area contributed by atoms with E-state index in [0.29, 0.717) is 5.82 Å². The molecule has 96 valence electrons. The summed E-state index contributed by atoms with van der Waals surface area (Å²) in [6, 6.07) is 0. The second-order valence-corrected chi connectivity index (χ2v) is 4.55. The van der Waals surface area contributed by atoms with Crippen molar-refractivity contribution in [2.45, 2.75) is 33.6 Å². The van der Waals surface area contributed by atoms with E-state index in [-0.39, 0.29) is 0 Å². The number of nitrogens with zero attached hydrogens (tertiary/aromatic N) is 4. The second-order valence-electron chi connectivity index (χ2n) is 4.55. The molecule has 5 heteroatoms. The van der Waals surface area contributed by atoms with Gasteiger partial charge in [-0.05, 0) is 25.8 Å². The lowest BCUT2D eigenvalue weighted by molar-refractivity contribution is 0.767. The Kier molecular flexibility index (Phi) is 3.32. The van der Waals surface area contributed by atoms with E-state index in [1.165, 1.54) is 0 Å². The number of aromatic nitrogens is 4. The van der Waals surface area contributed by atoms with E-state index in [4.69, 9.17) is 5.73 Å². The summed E-state index contributed by atoms with van der Waals surface area (Å²) in [4.78, 5) is 8.96. The molecular weight excluding hydrogens is 226 g/mol. The van der Waals surface area contributed by atoms with Crippen LogP contribution < -0.4 is 5.73 Å². The van der Waals surface area contributed by atoms with E-state index in [1.54, 1.807) is 0 Å². The van der Waals surface area contributed by atoms with E-state index >= 15 is 0 Å². The van der Waals surface area contributed by atoms with Crippen LogP contribution in [0.15, 0.2) is 6.20 Å². The molecule has 0 amide bonds. The smallest absolute Gasteiger partial charge is 0.131 e. The number of rotatable bonds is 3. The molecule has 0 radical (unpaired) electrons. The Balaban J connectivity index is 2.63. The summed E-state index contributed by atoms with van der Waals surface area (Å²) in [5.74, 6) is 1.36. The number of anilines is 1. The van der Waals surface area contributed by atoms with Crippen LogP contribution >= 0.6 is 0 Å². The van der Waals surface area contributed by atoms with Gasteiger partial charge in [0.15, 0.2) is 0 Å². The Morgan fingerprint density at radius 2 is 2.00 bits per heavy atom. The third kappa shape index (κ3) is 2.08. The number of nitrogens with two attached hydrogens (primary N) is 1. The number of hydrogen-bond acceptors (Lipinski definition) is 4. The SMILES string of the molecule is CCCc1nc(N)c(C)c(-c2c(C)cnn2C)n1. The van der Waals surface area contributed by atoms with Crippen molar-refractivity contribution in [2.24, 2.45) is 7.05 Å². The summed E-state index contributed by atoms with van der Waals surface area (Å²) in [7, 11) is 1.92. The van der Waals surface area contributed by atoms with Crippen LogP contribution in [0.2, 0.25) is 0 Å². The molecule has 2 aromatic rings. The first-order valence-electron chi connectivity index (χ1n) is 6.16. The van der Waals surface area contributed by atoms with Crippen LogP contribution in [0.3, 0.4) is 0 Å². The summed E-state index contributed by atoms with van der Waals surface area (Å²) in [5.41, 5.74) is 9.90. The summed E-state index contributed by atoms with van der Waals surface area (Å²) < 4.78 is 1.83. The van der Waals surface area contributed by atoms with Gasteiger partial charge in [-0.2, -0.15) is 5.10 Å². The van der Waals surface area contributed by atoms with E-state index in [0.717, 1.165) is 41.2 Å². The van der Waals surface area contributed by atoms with Crippen molar-refractivity contribution >= 4 is 5.82 Å². The molecule has 0 saturated carbocycles. The van der Waals surface area contributed by atoms with Crippen LogP contribution in [-0.4, -0.2) is 19.7 Å². The Morgan fingerprint density at radius 3 is 2.56 bits per heavy atom. The normalized spacial score (nSPS) is 10.9. The molecule has 0 bridgehead atoms. The lowest BCUT2D eigenvalue weighted by Crippen LogP contribution is -2.07. The van der Waals surface area contributed by atoms with E-state index < -0.39 is 0 Å². The van der Waals surface area contributed by atoms with Gasteiger partial charge in [0.25, 0.3) is 0 Å². The van der Waals surface area contributed by atoms with Gasteiger partial charge in [0.2, 0.25) is 0 Å². The Bertz CT molecular complexity index is 552. The highest BCUT2D eigenvalue weighted by atomic mass is 15.3. The third-order valence-corrected chi connectivity index (χ3v) is 3.05. The average molecular weight is 245 g/mol. The molecule has 2 rings (SSSR count). The van der Waals surface area contributed by atoms with Crippen LogP contribution in [0.1, 0.15) is 30.3 Å². The van der Waals surface area contributed by atoms with Crippen molar-refractivity contribution in [1.82, 2.24) is 19.7 Å². The molecule has 0 spiro atoms. The molecule has 0 aliphatic carbocycles. The Labute approximate surface area is 107 Å². The molecule has 2 heterocycles. The molecule has 0 aliphatic rings. The van der Waals surface area contributed by atoms with Crippen LogP contribution in [-0.2, 0) is 13.5 Å². The van der Waals surface area contributed by atoms with Crippen molar-refractivity contribution < 1.29 is 0 Å². The van der Waals surface area contributed by atoms with Gasteiger partial charge in [-0.3, -0.25) is 4.68 Å². The van der Waals surface area contributed by atoms with Gasteiger partial charge >= 0.3 is 0 Å². The highest BCUT2D eigenvalue weighted by Gasteiger charge is 2.15. The molecular formula is C13H19N5. The molecule has 0 fully saturated rings. The monoisotopic (exact) mass is 245 g/mol. The quantitative estimate of drug-likeness (QED) is 0.898. The highest BCUT2D eigenvalue weighted by Crippen LogP contribution is 2.26. The van der Waals surface area contributed by atoms with Gasteiger partial charge in [-0.1, -0.05) is 6.92 Å². The summed E-state index contributed by atoms with van der Waals surface area (Å²) in [6.07, 6.45) is 3.69. The van der Waals surface area contributed by atoms with Crippen molar-refractivity contribution in [3.05, 3.63) is 23.1 Å². The van der Waals surface area contributed by atoms with Gasteiger partial charge in [0, 0.05) is 19.0 Å². The van der Waals surface area contributed by atoms with Crippen molar-refractivity contribution in [3.63, 3.8) is 0 Å². The largest absolute Gasteiger partial charge is 0.383 e. The zero-order chi connectivity index (χ0) is 13.3. The zero-order valence-electron chi connectivity index (χ0n) is 11.4. The summed E-state index contributed by atoms with van der Waals surface area (Å²) >= 11 is 0. The zero-order valence-corrected chi connectivity index (χ0v) is 11.4. The molecule has 0 unspecified atom stereocenters. The Hall–Kier alpha value is -1.91. The van der Waals surface area contributed by atoms with Crippen molar-refractivity contribution in [1.29, 1.82) is 0 Å². The van der Waals surface area contributed by atoms with Crippen LogP contribution in [0, 0.1) is 13.8 Å². The maximum Gasteiger partial charge on any atom is 0.131 e. The van der Waals surface area contributed by atoms with Gasteiger partial charge < -0.3 is 5.73 Å². The minimum absolute atomic E-state index is 0.559. The molecule has 2 aromatic heterocycles. The summed E-state index contributed by atoms with van der Waals surface area (Å²) in [6.45, 7) is 6.08. The predicted molar refractivity (Wildman–Crippen MR) is 72.1 cm³/mol. The Morgan fingerprint density at radius 1 is 1.28 bits per heavy atom. The fraction of sp³-hybridized carbons (Fsp3) is 0.462. The average Bonchev–Trinajstić information content (AvgIpc) is 2.64. The molecule has 0 aromatic carbocycles. The van der Waals surface area contributed by atoms with Crippen molar-refractivity contribution in [3.8, 4) is 11.4 Å². The first-order chi connectivity index (χ1) is 8.54. The second kappa shape index (κ2) is 4.76. The standard InChI is InChI=1S/C13H19N5/c1-5-6-10-16-11(9(3)13(14)17-10)12-8(2)7-15-18(12)4/h7H,5-6H2,1-4H3,(H2,14,16,17). The number of nitrogen functional groups attached to an aromatic ring is 1. The third-order valence-electron chi connectivity index (χ3n) is 3.05. The molecule has 2 N–H and O–H groups in total.